The summed E-state index contributed by atoms with van der Waals surface area (Å²) in [6.45, 7) is 0. The molecular weight excluding hydrogens is 193 g/mol. The van der Waals surface area contributed by atoms with Gasteiger partial charge in [-0.1, -0.05) is 19.3 Å². The molecule has 1 aliphatic carbocycles. The highest BCUT2D eigenvalue weighted by molar-refractivity contribution is 5.96. The average molecular weight is 207 g/mol. The van der Waals surface area contributed by atoms with E-state index in [2.05, 4.69) is 4.98 Å². The van der Waals surface area contributed by atoms with E-state index in [1.165, 1.54) is 18.6 Å². The van der Waals surface area contributed by atoms with Gasteiger partial charge in [0.15, 0.2) is 5.78 Å². The van der Waals surface area contributed by atoms with Crippen LogP contribution in [0.25, 0.3) is 0 Å². The fourth-order valence-corrected chi connectivity index (χ4v) is 2.10. The third-order valence-corrected chi connectivity index (χ3v) is 2.96. The van der Waals surface area contributed by atoms with E-state index in [4.69, 9.17) is 0 Å². The number of nitrogens with zero attached hydrogens (tertiary/aromatic N) is 1. The monoisotopic (exact) mass is 207 g/mol. The van der Waals surface area contributed by atoms with Crippen LogP contribution in [0, 0.1) is 11.7 Å². The molecule has 0 amide bonds. The van der Waals surface area contributed by atoms with E-state index in [-0.39, 0.29) is 11.7 Å². The van der Waals surface area contributed by atoms with Crippen LogP contribution in [0.4, 0.5) is 4.39 Å². The topological polar surface area (TPSA) is 30.0 Å². The Labute approximate surface area is 88.5 Å². The lowest BCUT2D eigenvalue weighted by molar-refractivity contribution is 0.0884. The standard InChI is InChI=1S/C12H14FNO/c13-10-6-7-11(14-8-10)12(15)9-4-2-1-3-5-9/h6-9H,1-5H2. The van der Waals surface area contributed by atoms with E-state index in [0.29, 0.717) is 5.69 Å². The summed E-state index contributed by atoms with van der Waals surface area (Å²) in [5.74, 6) is -0.207. The van der Waals surface area contributed by atoms with Gasteiger partial charge in [0.25, 0.3) is 0 Å². The molecule has 0 aromatic carbocycles. The van der Waals surface area contributed by atoms with Crippen molar-refractivity contribution in [1.29, 1.82) is 0 Å². The smallest absolute Gasteiger partial charge is 0.184 e. The van der Waals surface area contributed by atoms with Crippen LogP contribution >= 0.6 is 0 Å². The molecule has 0 spiro atoms. The Hall–Kier alpha value is -1.25. The minimum absolute atomic E-state index is 0.0784. The Morgan fingerprint density at radius 2 is 2.00 bits per heavy atom. The van der Waals surface area contributed by atoms with Gasteiger partial charge in [0, 0.05) is 5.92 Å². The molecule has 80 valence electrons. The molecule has 0 aliphatic heterocycles. The molecule has 1 saturated carbocycles. The second-order valence-corrected chi connectivity index (χ2v) is 4.06. The normalized spacial score (nSPS) is 17.7. The van der Waals surface area contributed by atoms with Gasteiger partial charge >= 0.3 is 0 Å². The third-order valence-electron chi connectivity index (χ3n) is 2.96. The fourth-order valence-electron chi connectivity index (χ4n) is 2.10. The number of ketones is 1. The number of aromatic nitrogens is 1. The molecule has 0 unspecified atom stereocenters. The first-order chi connectivity index (χ1) is 7.27. The average Bonchev–Trinajstić information content (AvgIpc) is 2.30. The molecule has 0 N–H and O–H groups in total. The van der Waals surface area contributed by atoms with Crippen LogP contribution in [0.3, 0.4) is 0 Å². The van der Waals surface area contributed by atoms with Crippen molar-refractivity contribution in [3.05, 3.63) is 29.8 Å². The van der Waals surface area contributed by atoms with Crippen LogP contribution in [-0.4, -0.2) is 10.8 Å². The molecule has 3 heteroatoms. The first kappa shape index (κ1) is 10.3. The molecule has 2 nitrogen and oxygen atoms in total. The highest BCUT2D eigenvalue weighted by Crippen LogP contribution is 2.26. The van der Waals surface area contributed by atoms with Gasteiger partial charge in [-0.25, -0.2) is 4.39 Å². The quantitative estimate of drug-likeness (QED) is 0.698. The van der Waals surface area contributed by atoms with Gasteiger partial charge < -0.3 is 0 Å². The van der Waals surface area contributed by atoms with Crippen molar-refractivity contribution in [2.45, 2.75) is 32.1 Å². The predicted molar refractivity (Wildman–Crippen MR) is 55.1 cm³/mol. The summed E-state index contributed by atoms with van der Waals surface area (Å²) in [6.07, 6.45) is 6.49. The van der Waals surface area contributed by atoms with Crippen LogP contribution in [-0.2, 0) is 0 Å². The predicted octanol–water partition coefficient (Wildman–Crippen LogP) is 2.98. The lowest BCUT2D eigenvalue weighted by Gasteiger charge is -2.19. The summed E-state index contributed by atoms with van der Waals surface area (Å²) < 4.78 is 12.6. The second kappa shape index (κ2) is 4.51. The van der Waals surface area contributed by atoms with Crippen LogP contribution in [0.1, 0.15) is 42.6 Å². The van der Waals surface area contributed by atoms with Crippen molar-refractivity contribution in [3.63, 3.8) is 0 Å². The lowest BCUT2D eigenvalue weighted by atomic mass is 9.85. The summed E-state index contributed by atoms with van der Waals surface area (Å²) in [7, 11) is 0. The maximum atomic E-state index is 12.6. The Bertz CT molecular complexity index is 341. The third kappa shape index (κ3) is 2.41. The van der Waals surface area contributed by atoms with E-state index >= 15 is 0 Å². The molecule has 1 aliphatic rings. The number of halogens is 1. The van der Waals surface area contributed by atoms with Gasteiger partial charge in [-0.05, 0) is 25.0 Å². The van der Waals surface area contributed by atoms with Crippen molar-refractivity contribution in [2.24, 2.45) is 5.92 Å². The van der Waals surface area contributed by atoms with E-state index in [1.807, 2.05) is 0 Å². The molecule has 1 aromatic heterocycles. The highest BCUT2D eigenvalue weighted by atomic mass is 19.1. The number of hydrogen-bond acceptors (Lipinski definition) is 2. The first-order valence-electron chi connectivity index (χ1n) is 5.43. The van der Waals surface area contributed by atoms with Crippen molar-refractivity contribution in [2.75, 3.05) is 0 Å². The van der Waals surface area contributed by atoms with Crippen molar-refractivity contribution >= 4 is 5.78 Å². The van der Waals surface area contributed by atoms with E-state index < -0.39 is 5.82 Å². The number of rotatable bonds is 2. The van der Waals surface area contributed by atoms with Gasteiger partial charge in [-0.2, -0.15) is 0 Å². The molecule has 1 fully saturated rings. The Kier molecular flexibility index (Phi) is 3.09. The molecule has 15 heavy (non-hydrogen) atoms. The van der Waals surface area contributed by atoms with Crippen molar-refractivity contribution in [3.8, 4) is 0 Å². The van der Waals surface area contributed by atoms with Crippen molar-refractivity contribution in [1.82, 2.24) is 4.98 Å². The van der Waals surface area contributed by atoms with Crippen LogP contribution < -0.4 is 0 Å². The van der Waals surface area contributed by atoms with E-state index in [9.17, 15) is 9.18 Å². The Morgan fingerprint density at radius 1 is 1.27 bits per heavy atom. The molecule has 1 heterocycles. The summed E-state index contributed by atoms with van der Waals surface area (Å²) in [4.78, 5) is 15.8. The molecule has 0 radical (unpaired) electrons. The SMILES string of the molecule is O=C(c1ccc(F)cn1)C1CCCCC1. The Morgan fingerprint density at radius 3 is 2.60 bits per heavy atom. The van der Waals surface area contributed by atoms with Gasteiger partial charge in [0.1, 0.15) is 11.5 Å². The molecule has 0 atom stereocenters. The largest absolute Gasteiger partial charge is 0.292 e. The Balaban J connectivity index is 2.09. The summed E-state index contributed by atoms with van der Waals surface area (Å²) in [6, 6.07) is 2.77. The zero-order valence-electron chi connectivity index (χ0n) is 8.58. The fraction of sp³-hybridized carbons (Fsp3) is 0.500. The van der Waals surface area contributed by atoms with Gasteiger partial charge in [0.2, 0.25) is 0 Å². The van der Waals surface area contributed by atoms with E-state index in [0.717, 1.165) is 31.9 Å². The zero-order valence-corrected chi connectivity index (χ0v) is 8.58. The van der Waals surface area contributed by atoms with Gasteiger partial charge in [-0.3, -0.25) is 9.78 Å². The van der Waals surface area contributed by atoms with Gasteiger partial charge in [0.05, 0.1) is 6.20 Å². The van der Waals surface area contributed by atoms with Crippen LogP contribution in [0.5, 0.6) is 0 Å². The highest BCUT2D eigenvalue weighted by Gasteiger charge is 2.22. The first-order valence-corrected chi connectivity index (χ1v) is 5.43. The van der Waals surface area contributed by atoms with Crippen LogP contribution in [0.2, 0.25) is 0 Å². The number of hydrogen-bond donors (Lipinski definition) is 0. The number of carbonyl (C=O) groups excluding carboxylic acids is 1. The maximum Gasteiger partial charge on any atom is 0.184 e. The minimum Gasteiger partial charge on any atom is -0.292 e. The summed E-state index contributed by atoms with van der Waals surface area (Å²) in [5.41, 5.74) is 0.406. The second-order valence-electron chi connectivity index (χ2n) is 4.06. The molecule has 0 bridgehead atoms. The van der Waals surface area contributed by atoms with Crippen LogP contribution in [0.15, 0.2) is 18.3 Å². The molecular formula is C12H14FNO. The molecule has 1 aromatic rings. The zero-order chi connectivity index (χ0) is 10.7. The minimum atomic E-state index is -0.393. The number of Topliss-reactive ketones (excluding diaryl/α,β-unsaturated/α-hetero) is 1. The summed E-state index contributed by atoms with van der Waals surface area (Å²) in [5, 5.41) is 0. The summed E-state index contributed by atoms with van der Waals surface area (Å²) >= 11 is 0. The van der Waals surface area contributed by atoms with Crippen molar-refractivity contribution < 1.29 is 9.18 Å². The molecule has 2 rings (SSSR count). The van der Waals surface area contributed by atoms with Gasteiger partial charge in [-0.15, -0.1) is 0 Å². The maximum absolute atomic E-state index is 12.6. The van der Waals surface area contributed by atoms with E-state index in [1.54, 1.807) is 0 Å². The lowest BCUT2D eigenvalue weighted by Crippen LogP contribution is -2.18. The molecule has 0 saturated heterocycles. The number of carbonyl (C=O) groups is 1. The number of pyridine rings is 1.